The fraction of sp³-hybridized carbons (Fsp3) is 0.542. The largest absolute Gasteiger partial charge is 0.377 e. The average molecular weight is 438 g/mol. The van der Waals surface area contributed by atoms with Crippen LogP contribution in [0.15, 0.2) is 36.8 Å². The fourth-order valence-corrected chi connectivity index (χ4v) is 5.68. The lowest BCUT2D eigenvalue weighted by molar-refractivity contribution is -0.132. The summed E-state index contributed by atoms with van der Waals surface area (Å²) in [6.45, 7) is 7.63. The topological polar surface area (TPSA) is 90.6 Å². The van der Waals surface area contributed by atoms with Crippen molar-refractivity contribution in [1.29, 1.82) is 0 Å². The molecule has 8 heteroatoms. The van der Waals surface area contributed by atoms with E-state index in [0.717, 1.165) is 43.7 Å². The van der Waals surface area contributed by atoms with Crippen molar-refractivity contribution < 1.29 is 14.3 Å². The number of likely N-dealkylation sites (tertiary alicyclic amines) is 1. The SMILES string of the molecule is CC(C)N1C(=O)c2ccccc2C(C(=O)NC2COC2)C12CCN(Cc1cnc[nH]1)CC2. The first-order valence-corrected chi connectivity index (χ1v) is 11.5. The average Bonchev–Trinajstić information content (AvgIpc) is 3.25. The Kier molecular flexibility index (Phi) is 5.51. The highest BCUT2D eigenvalue weighted by molar-refractivity contribution is 6.02. The van der Waals surface area contributed by atoms with Gasteiger partial charge < -0.3 is 19.9 Å². The van der Waals surface area contributed by atoms with Gasteiger partial charge in [0.05, 0.1) is 37.0 Å². The van der Waals surface area contributed by atoms with E-state index in [-0.39, 0.29) is 23.9 Å². The number of carbonyl (C=O) groups excluding carboxylic acids is 2. The normalized spacial score (nSPS) is 23.3. The maximum atomic E-state index is 13.7. The molecule has 0 radical (unpaired) electrons. The third kappa shape index (κ3) is 3.51. The highest BCUT2D eigenvalue weighted by atomic mass is 16.5. The smallest absolute Gasteiger partial charge is 0.254 e. The van der Waals surface area contributed by atoms with Crippen molar-refractivity contribution in [2.75, 3.05) is 26.3 Å². The first kappa shape index (κ1) is 21.2. The van der Waals surface area contributed by atoms with E-state index in [1.807, 2.05) is 35.4 Å². The van der Waals surface area contributed by atoms with Crippen LogP contribution in [-0.2, 0) is 16.1 Å². The standard InChI is InChI=1S/C24H31N5O3/c1-16(2)29-23(31)20-6-4-3-5-19(20)21(22(30)27-18-13-32-14-18)24(29)7-9-28(10-8-24)12-17-11-25-15-26-17/h3-6,11,15-16,18,21H,7-10,12-14H2,1-2H3,(H,25,26)(H,27,30). The van der Waals surface area contributed by atoms with E-state index in [4.69, 9.17) is 4.74 Å². The minimum atomic E-state index is -0.543. The molecule has 1 unspecified atom stereocenters. The van der Waals surface area contributed by atoms with Crippen molar-refractivity contribution in [1.82, 2.24) is 25.1 Å². The molecule has 2 fully saturated rings. The summed E-state index contributed by atoms with van der Waals surface area (Å²) in [4.78, 5) is 39.1. The van der Waals surface area contributed by atoms with Crippen molar-refractivity contribution in [3.8, 4) is 0 Å². The Hall–Kier alpha value is -2.71. The molecular weight excluding hydrogens is 406 g/mol. The van der Waals surface area contributed by atoms with Crippen LogP contribution < -0.4 is 5.32 Å². The van der Waals surface area contributed by atoms with Gasteiger partial charge in [0, 0.05) is 43.1 Å². The molecule has 170 valence electrons. The molecule has 2 saturated heterocycles. The van der Waals surface area contributed by atoms with Crippen LogP contribution in [0.5, 0.6) is 0 Å². The molecule has 5 rings (SSSR count). The maximum Gasteiger partial charge on any atom is 0.254 e. The molecule has 2 amide bonds. The molecule has 1 spiro atoms. The van der Waals surface area contributed by atoms with Gasteiger partial charge in [0.15, 0.2) is 0 Å². The number of hydrogen-bond acceptors (Lipinski definition) is 5. The van der Waals surface area contributed by atoms with Crippen LogP contribution in [0.2, 0.25) is 0 Å². The molecular formula is C24H31N5O3. The number of piperidine rings is 1. The number of hydrogen-bond donors (Lipinski definition) is 2. The summed E-state index contributed by atoms with van der Waals surface area (Å²) in [5, 5.41) is 3.19. The van der Waals surface area contributed by atoms with Gasteiger partial charge in [-0.05, 0) is 38.3 Å². The van der Waals surface area contributed by atoms with Gasteiger partial charge >= 0.3 is 0 Å². The molecule has 2 N–H and O–H groups in total. The number of nitrogens with zero attached hydrogens (tertiary/aromatic N) is 3. The molecule has 0 bridgehead atoms. The number of rotatable bonds is 5. The number of imidazole rings is 1. The summed E-state index contributed by atoms with van der Waals surface area (Å²) in [5.41, 5.74) is 2.04. The minimum Gasteiger partial charge on any atom is -0.377 e. The molecule has 32 heavy (non-hydrogen) atoms. The van der Waals surface area contributed by atoms with E-state index in [2.05, 4.69) is 34.0 Å². The first-order valence-electron chi connectivity index (χ1n) is 11.5. The minimum absolute atomic E-state index is 0.00245. The van der Waals surface area contributed by atoms with Crippen LogP contribution in [0, 0.1) is 0 Å². The first-order chi connectivity index (χ1) is 15.5. The van der Waals surface area contributed by atoms with Gasteiger partial charge in [-0.3, -0.25) is 14.5 Å². The van der Waals surface area contributed by atoms with Gasteiger partial charge in [-0.15, -0.1) is 0 Å². The highest BCUT2D eigenvalue weighted by Gasteiger charge is 2.56. The third-order valence-corrected chi connectivity index (χ3v) is 7.17. The molecule has 0 saturated carbocycles. The number of aromatic amines is 1. The molecule has 3 aliphatic heterocycles. The molecule has 4 heterocycles. The van der Waals surface area contributed by atoms with E-state index in [9.17, 15) is 9.59 Å². The summed E-state index contributed by atoms with van der Waals surface area (Å²) >= 11 is 0. The molecule has 1 atom stereocenters. The number of ether oxygens (including phenoxy) is 1. The van der Waals surface area contributed by atoms with Gasteiger partial charge in [-0.2, -0.15) is 0 Å². The molecule has 1 aromatic carbocycles. The van der Waals surface area contributed by atoms with Gasteiger partial charge in [0.25, 0.3) is 5.91 Å². The van der Waals surface area contributed by atoms with Crippen LogP contribution in [-0.4, -0.2) is 75.5 Å². The van der Waals surface area contributed by atoms with Gasteiger partial charge in [0.1, 0.15) is 0 Å². The van der Waals surface area contributed by atoms with E-state index >= 15 is 0 Å². The third-order valence-electron chi connectivity index (χ3n) is 7.17. The van der Waals surface area contributed by atoms with Crippen LogP contribution in [0.3, 0.4) is 0 Å². The van der Waals surface area contributed by atoms with E-state index in [1.54, 1.807) is 6.33 Å². The van der Waals surface area contributed by atoms with Crippen LogP contribution in [0.1, 0.15) is 54.2 Å². The van der Waals surface area contributed by atoms with Crippen LogP contribution >= 0.6 is 0 Å². The zero-order chi connectivity index (χ0) is 22.3. The Labute approximate surface area is 188 Å². The van der Waals surface area contributed by atoms with E-state index in [1.165, 1.54) is 0 Å². The molecule has 3 aliphatic rings. The predicted molar refractivity (Wildman–Crippen MR) is 119 cm³/mol. The van der Waals surface area contributed by atoms with Gasteiger partial charge in [0.2, 0.25) is 5.91 Å². The Morgan fingerprint density at radius 3 is 2.66 bits per heavy atom. The van der Waals surface area contributed by atoms with E-state index < -0.39 is 11.5 Å². The predicted octanol–water partition coefficient (Wildman–Crippen LogP) is 1.91. The zero-order valence-electron chi connectivity index (χ0n) is 18.7. The number of nitrogens with one attached hydrogen (secondary N) is 2. The Morgan fingerprint density at radius 1 is 1.28 bits per heavy atom. The van der Waals surface area contributed by atoms with Crippen molar-refractivity contribution in [3.05, 3.63) is 53.6 Å². The molecule has 2 aromatic rings. The Bertz CT molecular complexity index is 977. The van der Waals surface area contributed by atoms with Crippen molar-refractivity contribution in [2.24, 2.45) is 0 Å². The molecule has 8 nitrogen and oxygen atoms in total. The number of benzene rings is 1. The van der Waals surface area contributed by atoms with Crippen LogP contribution in [0.25, 0.3) is 0 Å². The Balaban J connectivity index is 1.50. The summed E-state index contributed by atoms with van der Waals surface area (Å²) in [7, 11) is 0. The number of fused-ring (bicyclic) bond motifs is 1. The lowest BCUT2D eigenvalue weighted by Gasteiger charge is -2.56. The van der Waals surface area contributed by atoms with Gasteiger partial charge in [-0.1, -0.05) is 18.2 Å². The number of aromatic nitrogens is 2. The van der Waals surface area contributed by atoms with Gasteiger partial charge in [-0.25, -0.2) is 4.98 Å². The fourth-order valence-electron chi connectivity index (χ4n) is 5.68. The lowest BCUT2D eigenvalue weighted by Crippen LogP contribution is -2.67. The maximum absolute atomic E-state index is 13.7. The summed E-state index contributed by atoms with van der Waals surface area (Å²) in [6.07, 6.45) is 5.04. The summed E-state index contributed by atoms with van der Waals surface area (Å²) in [6, 6.07) is 7.69. The zero-order valence-corrected chi connectivity index (χ0v) is 18.7. The van der Waals surface area contributed by atoms with Crippen molar-refractivity contribution in [3.63, 3.8) is 0 Å². The molecule has 0 aliphatic carbocycles. The number of carbonyl (C=O) groups is 2. The second-order valence-corrected chi connectivity index (χ2v) is 9.49. The molecule has 1 aromatic heterocycles. The second-order valence-electron chi connectivity index (χ2n) is 9.49. The second kappa shape index (κ2) is 8.33. The summed E-state index contributed by atoms with van der Waals surface area (Å²) < 4.78 is 5.28. The van der Waals surface area contributed by atoms with Crippen molar-refractivity contribution in [2.45, 2.75) is 56.8 Å². The Morgan fingerprint density at radius 2 is 2.03 bits per heavy atom. The van der Waals surface area contributed by atoms with Crippen LogP contribution in [0.4, 0.5) is 0 Å². The summed E-state index contributed by atoms with van der Waals surface area (Å²) in [5.74, 6) is -0.353. The highest BCUT2D eigenvalue weighted by Crippen LogP contribution is 2.48. The lowest BCUT2D eigenvalue weighted by atomic mass is 9.66. The van der Waals surface area contributed by atoms with Crippen molar-refractivity contribution >= 4 is 11.8 Å². The number of amides is 2. The number of H-pyrrole nitrogens is 1. The van der Waals surface area contributed by atoms with E-state index in [0.29, 0.717) is 18.8 Å². The monoisotopic (exact) mass is 437 g/mol. The quantitative estimate of drug-likeness (QED) is 0.746.